The summed E-state index contributed by atoms with van der Waals surface area (Å²) in [5.74, 6) is -0.784. The van der Waals surface area contributed by atoms with Crippen molar-refractivity contribution in [3.63, 3.8) is 0 Å². The fourth-order valence-electron chi connectivity index (χ4n) is 1.81. The molecule has 2 rings (SSSR count). The lowest BCUT2D eigenvalue weighted by Gasteiger charge is -2.13. The molecule has 0 spiro atoms. The van der Waals surface area contributed by atoms with Gasteiger partial charge in [0, 0.05) is 11.8 Å². The zero-order chi connectivity index (χ0) is 14.7. The standard InChI is InChI=1S/C15H16F2N2O/c1-3-20-13-8-10(5-7-12(13)18)19-15-11(16)6-4-9(2)14(15)17/h4-8,19H,3,18H2,1-2H3. The highest BCUT2D eigenvalue weighted by Crippen LogP contribution is 2.30. The van der Waals surface area contributed by atoms with E-state index in [2.05, 4.69) is 5.32 Å². The van der Waals surface area contributed by atoms with Crippen LogP contribution in [0.5, 0.6) is 5.75 Å². The maximum Gasteiger partial charge on any atom is 0.152 e. The quantitative estimate of drug-likeness (QED) is 0.831. The van der Waals surface area contributed by atoms with Crippen molar-refractivity contribution in [3.05, 3.63) is 47.5 Å². The van der Waals surface area contributed by atoms with Crippen molar-refractivity contribution in [1.29, 1.82) is 0 Å². The number of halogens is 2. The molecule has 2 aromatic carbocycles. The zero-order valence-corrected chi connectivity index (χ0v) is 11.3. The Morgan fingerprint density at radius 2 is 1.95 bits per heavy atom. The van der Waals surface area contributed by atoms with E-state index in [4.69, 9.17) is 10.5 Å². The minimum Gasteiger partial charge on any atom is -0.492 e. The number of nitrogens with two attached hydrogens (primary N) is 1. The van der Waals surface area contributed by atoms with Crippen molar-refractivity contribution < 1.29 is 13.5 Å². The second-order valence-electron chi connectivity index (χ2n) is 4.36. The van der Waals surface area contributed by atoms with Gasteiger partial charge in [0.15, 0.2) is 5.82 Å². The van der Waals surface area contributed by atoms with E-state index in [-0.39, 0.29) is 5.69 Å². The first-order valence-electron chi connectivity index (χ1n) is 6.27. The number of hydrogen-bond acceptors (Lipinski definition) is 3. The summed E-state index contributed by atoms with van der Waals surface area (Å²) in [6.07, 6.45) is 0. The molecule has 20 heavy (non-hydrogen) atoms. The maximum absolute atomic E-state index is 13.9. The topological polar surface area (TPSA) is 47.3 Å². The molecular weight excluding hydrogens is 262 g/mol. The Hall–Kier alpha value is -2.30. The molecule has 3 N–H and O–H groups in total. The van der Waals surface area contributed by atoms with E-state index < -0.39 is 11.6 Å². The number of anilines is 3. The first-order valence-corrected chi connectivity index (χ1v) is 6.27. The Labute approximate surface area is 116 Å². The molecule has 0 aromatic heterocycles. The molecule has 0 atom stereocenters. The first kappa shape index (κ1) is 14.1. The summed E-state index contributed by atoms with van der Waals surface area (Å²) >= 11 is 0. The van der Waals surface area contributed by atoms with Crippen LogP contribution in [0.2, 0.25) is 0 Å². The van der Waals surface area contributed by atoms with Gasteiger partial charge >= 0.3 is 0 Å². The minimum absolute atomic E-state index is 0.183. The molecule has 5 heteroatoms. The van der Waals surface area contributed by atoms with Gasteiger partial charge < -0.3 is 15.8 Å². The van der Waals surface area contributed by atoms with Crippen molar-refractivity contribution in [1.82, 2.24) is 0 Å². The Morgan fingerprint density at radius 1 is 1.20 bits per heavy atom. The van der Waals surface area contributed by atoms with Gasteiger partial charge in [0.2, 0.25) is 0 Å². The van der Waals surface area contributed by atoms with E-state index in [0.717, 1.165) is 0 Å². The zero-order valence-electron chi connectivity index (χ0n) is 11.3. The molecule has 0 unspecified atom stereocenters. The van der Waals surface area contributed by atoms with Gasteiger partial charge in [0.25, 0.3) is 0 Å². The molecule has 0 amide bonds. The van der Waals surface area contributed by atoms with Crippen molar-refractivity contribution in [2.75, 3.05) is 17.7 Å². The average molecular weight is 278 g/mol. The number of rotatable bonds is 4. The molecule has 0 radical (unpaired) electrons. The summed E-state index contributed by atoms with van der Waals surface area (Å²) in [6.45, 7) is 3.87. The molecule has 3 nitrogen and oxygen atoms in total. The van der Waals surface area contributed by atoms with Crippen LogP contribution in [-0.2, 0) is 0 Å². The van der Waals surface area contributed by atoms with E-state index >= 15 is 0 Å². The molecule has 0 aliphatic heterocycles. The summed E-state index contributed by atoms with van der Waals surface area (Å²) < 4.78 is 32.9. The van der Waals surface area contributed by atoms with Crippen LogP contribution in [0.15, 0.2) is 30.3 Å². The molecule has 0 saturated heterocycles. The fraction of sp³-hybridized carbons (Fsp3) is 0.200. The van der Waals surface area contributed by atoms with Crippen LogP contribution in [-0.4, -0.2) is 6.61 Å². The summed E-state index contributed by atoms with van der Waals surface area (Å²) in [4.78, 5) is 0. The van der Waals surface area contributed by atoms with Gasteiger partial charge in [-0.25, -0.2) is 8.78 Å². The summed E-state index contributed by atoms with van der Waals surface area (Å²) in [5, 5.41) is 2.72. The summed E-state index contributed by atoms with van der Waals surface area (Å²) in [7, 11) is 0. The predicted molar refractivity (Wildman–Crippen MR) is 76.4 cm³/mol. The van der Waals surface area contributed by atoms with Crippen molar-refractivity contribution in [2.45, 2.75) is 13.8 Å². The predicted octanol–water partition coefficient (Wildman–Crippen LogP) is 4.00. The van der Waals surface area contributed by atoms with Gasteiger partial charge in [-0.2, -0.15) is 0 Å². The van der Waals surface area contributed by atoms with Crippen LogP contribution >= 0.6 is 0 Å². The van der Waals surface area contributed by atoms with Crippen LogP contribution in [0.25, 0.3) is 0 Å². The van der Waals surface area contributed by atoms with Crippen LogP contribution < -0.4 is 15.8 Å². The second-order valence-corrected chi connectivity index (χ2v) is 4.36. The highest BCUT2D eigenvalue weighted by atomic mass is 19.1. The average Bonchev–Trinajstić information content (AvgIpc) is 2.43. The van der Waals surface area contributed by atoms with Crippen molar-refractivity contribution in [3.8, 4) is 5.75 Å². The van der Waals surface area contributed by atoms with Crippen LogP contribution in [0.4, 0.5) is 25.8 Å². The lowest BCUT2D eigenvalue weighted by molar-refractivity contribution is 0.342. The Bertz CT molecular complexity index is 630. The number of hydrogen-bond donors (Lipinski definition) is 2. The monoisotopic (exact) mass is 278 g/mol. The van der Waals surface area contributed by atoms with E-state index in [1.165, 1.54) is 12.1 Å². The highest BCUT2D eigenvalue weighted by Gasteiger charge is 2.12. The van der Waals surface area contributed by atoms with E-state index in [9.17, 15) is 8.78 Å². The number of nitrogens with one attached hydrogen (secondary N) is 1. The number of aryl methyl sites for hydroxylation is 1. The molecule has 0 heterocycles. The third-order valence-electron chi connectivity index (χ3n) is 2.87. The Kier molecular flexibility index (Phi) is 4.08. The second kappa shape index (κ2) is 5.77. The van der Waals surface area contributed by atoms with Gasteiger partial charge in [-0.15, -0.1) is 0 Å². The van der Waals surface area contributed by atoms with Crippen molar-refractivity contribution >= 4 is 17.1 Å². The molecular formula is C15H16F2N2O. The van der Waals surface area contributed by atoms with E-state index in [0.29, 0.717) is 29.3 Å². The first-order chi connectivity index (χ1) is 9.52. The lowest BCUT2D eigenvalue weighted by Crippen LogP contribution is -2.01. The molecule has 0 saturated carbocycles. The molecule has 0 fully saturated rings. The minimum atomic E-state index is -0.650. The number of nitrogen functional groups attached to an aromatic ring is 1. The maximum atomic E-state index is 13.9. The van der Waals surface area contributed by atoms with Gasteiger partial charge in [0.05, 0.1) is 12.3 Å². The van der Waals surface area contributed by atoms with Gasteiger partial charge in [0.1, 0.15) is 17.3 Å². The summed E-state index contributed by atoms with van der Waals surface area (Å²) in [5.41, 5.74) is 6.92. The number of benzene rings is 2. The molecule has 106 valence electrons. The normalized spacial score (nSPS) is 10.4. The molecule has 0 aliphatic rings. The van der Waals surface area contributed by atoms with Crippen molar-refractivity contribution in [2.24, 2.45) is 0 Å². The van der Waals surface area contributed by atoms with Crippen LogP contribution in [0.1, 0.15) is 12.5 Å². The SMILES string of the molecule is CCOc1cc(Nc2c(F)ccc(C)c2F)ccc1N. The fourth-order valence-corrected chi connectivity index (χ4v) is 1.81. The van der Waals surface area contributed by atoms with Gasteiger partial charge in [-0.1, -0.05) is 6.07 Å². The molecule has 0 aliphatic carbocycles. The highest BCUT2D eigenvalue weighted by molar-refractivity contribution is 5.67. The molecule has 0 bridgehead atoms. The third kappa shape index (κ3) is 2.82. The van der Waals surface area contributed by atoms with E-state index in [1.54, 1.807) is 25.1 Å². The Balaban J connectivity index is 2.35. The Morgan fingerprint density at radius 3 is 2.65 bits per heavy atom. The lowest BCUT2D eigenvalue weighted by atomic mass is 10.2. The van der Waals surface area contributed by atoms with Crippen LogP contribution in [0, 0.1) is 18.6 Å². The third-order valence-corrected chi connectivity index (χ3v) is 2.87. The van der Waals surface area contributed by atoms with Gasteiger partial charge in [-0.05, 0) is 37.6 Å². The molecule has 2 aromatic rings. The van der Waals surface area contributed by atoms with Crippen LogP contribution in [0.3, 0.4) is 0 Å². The largest absolute Gasteiger partial charge is 0.492 e. The number of ether oxygens (including phenoxy) is 1. The summed E-state index contributed by atoms with van der Waals surface area (Å²) in [6, 6.07) is 7.49. The smallest absolute Gasteiger partial charge is 0.152 e. The van der Waals surface area contributed by atoms with Gasteiger partial charge in [-0.3, -0.25) is 0 Å². The van der Waals surface area contributed by atoms with E-state index in [1.807, 2.05) is 6.92 Å².